The average molecular weight is 773 g/mol. The van der Waals surface area contributed by atoms with Gasteiger partial charge in [0.1, 0.15) is 6.61 Å². The number of hydrogen-bond donors (Lipinski definition) is 2. The Balaban J connectivity index is 3.82. The van der Waals surface area contributed by atoms with E-state index in [2.05, 4.69) is 30.5 Å². The standard InChI is InChI=1S/C44H85O8P/c1-3-5-7-9-11-13-15-17-19-20-21-22-23-24-25-27-29-31-33-35-37-39-44(46)52-42(41-51-53(47,48)49)40-50-43(45)38-36-34-32-30-28-26-18-16-14-12-10-8-6-4-2/h16,18,42H,3-15,17,19-41H2,1-2H3,(H2,47,48,49)/b18-16+/t42-/m1/s1. The SMILES string of the molecule is CCCCCCC/C=C/CCCCCCCC(=O)OC[C@H](COP(=O)(O)O)OC(=O)CCCCCCCCCCCCCCCCCCCCCCC. The number of carbonyl (C=O) groups excluding carboxylic acids is 2. The molecule has 0 aromatic carbocycles. The van der Waals surface area contributed by atoms with Crippen molar-refractivity contribution in [1.82, 2.24) is 0 Å². The zero-order valence-corrected chi connectivity index (χ0v) is 35.6. The van der Waals surface area contributed by atoms with Crippen molar-refractivity contribution in [2.45, 2.75) is 245 Å². The van der Waals surface area contributed by atoms with Crippen LogP contribution in [0, 0.1) is 0 Å². The van der Waals surface area contributed by atoms with Gasteiger partial charge in [-0.15, -0.1) is 0 Å². The van der Waals surface area contributed by atoms with Crippen molar-refractivity contribution in [1.29, 1.82) is 0 Å². The van der Waals surface area contributed by atoms with Crippen molar-refractivity contribution in [2.24, 2.45) is 0 Å². The molecule has 0 aliphatic carbocycles. The maximum absolute atomic E-state index is 12.4. The van der Waals surface area contributed by atoms with Crippen molar-refractivity contribution < 1.29 is 37.9 Å². The van der Waals surface area contributed by atoms with Crippen molar-refractivity contribution in [2.75, 3.05) is 13.2 Å². The van der Waals surface area contributed by atoms with Gasteiger partial charge in [0.2, 0.25) is 0 Å². The van der Waals surface area contributed by atoms with Gasteiger partial charge in [-0.1, -0.05) is 199 Å². The maximum atomic E-state index is 12.4. The van der Waals surface area contributed by atoms with E-state index in [1.54, 1.807) is 0 Å². The Kier molecular flexibility index (Phi) is 39.5. The van der Waals surface area contributed by atoms with Crippen LogP contribution in [0.1, 0.15) is 239 Å². The summed E-state index contributed by atoms with van der Waals surface area (Å²) in [6.07, 6.45) is 45.1. The molecule has 0 spiro atoms. The second kappa shape index (κ2) is 40.5. The third-order valence-electron chi connectivity index (χ3n) is 10.0. The van der Waals surface area contributed by atoms with E-state index < -0.39 is 32.5 Å². The Hall–Kier alpha value is -1.21. The zero-order valence-electron chi connectivity index (χ0n) is 34.7. The summed E-state index contributed by atoms with van der Waals surface area (Å²) in [5, 5.41) is 0. The van der Waals surface area contributed by atoms with Gasteiger partial charge in [-0.25, -0.2) is 4.57 Å². The monoisotopic (exact) mass is 773 g/mol. The molecule has 0 heterocycles. The highest BCUT2D eigenvalue weighted by Crippen LogP contribution is 2.36. The smallest absolute Gasteiger partial charge is 0.462 e. The van der Waals surface area contributed by atoms with Gasteiger partial charge < -0.3 is 19.3 Å². The molecule has 1 atom stereocenters. The number of carbonyl (C=O) groups is 2. The second-order valence-corrected chi connectivity index (χ2v) is 16.6. The molecule has 314 valence electrons. The number of allylic oxidation sites excluding steroid dienone is 2. The summed E-state index contributed by atoms with van der Waals surface area (Å²) >= 11 is 0. The highest BCUT2D eigenvalue weighted by atomic mass is 31.2. The van der Waals surface area contributed by atoms with Gasteiger partial charge in [0, 0.05) is 12.8 Å². The third-order valence-corrected chi connectivity index (χ3v) is 10.5. The van der Waals surface area contributed by atoms with Crippen LogP contribution in [0.2, 0.25) is 0 Å². The molecule has 0 aromatic rings. The lowest BCUT2D eigenvalue weighted by atomic mass is 10.0. The summed E-state index contributed by atoms with van der Waals surface area (Å²) in [6, 6.07) is 0. The first-order valence-corrected chi connectivity index (χ1v) is 24.0. The van der Waals surface area contributed by atoms with Crippen LogP contribution in [-0.2, 0) is 28.2 Å². The molecule has 0 radical (unpaired) electrons. The summed E-state index contributed by atoms with van der Waals surface area (Å²) in [4.78, 5) is 42.9. The Labute approximate surface area is 327 Å². The van der Waals surface area contributed by atoms with Gasteiger partial charge >= 0.3 is 19.8 Å². The van der Waals surface area contributed by atoms with E-state index in [4.69, 9.17) is 19.3 Å². The number of hydrogen-bond acceptors (Lipinski definition) is 6. The fourth-order valence-corrected chi connectivity index (χ4v) is 7.02. The summed E-state index contributed by atoms with van der Waals surface area (Å²) in [5.41, 5.74) is 0. The van der Waals surface area contributed by atoms with Gasteiger partial charge in [0.05, 0.1) is 6.61 Å². The Bertz CT molecular complexity index is 873. The molecule has 0 bridgehead atoms. The van der Waals surface area contributed by atoms with Gasteiger partial charge in [-0.2, -0.15) is 0 Å². The number of ether oxygens (including phenoxy) is 2. The number of phosphoric ester groups is 1. The van der Waals surface area contributed by atoms with Gasteiger partial charge in [0.25, 0.3) is 0 Å². The fraction of sp³-hybridized carbons (Fsp3) is 0.909. The van der Waals surface area contributed by atoms with E-state index in [0.29, 0.717) is 6.42 Å². The van der Waals surface area contributed by atoms with Crippen LogP contribution in [0.25, 0.3) is 0 Å². The van der Waals surface area contributed by atoms with Crippen LogP contribution in [0.3, 0.4) is 0 Å². The van der Waals surface area contributed by atoms with Crippen LogP contribution in [0.15, 0.2) is 12.2 Å². The molecular formula is C44H85O8P. The average Bonchev–Trinajstić information content (AvgIpc) is 3.13. The number of phosphoric acid groups is 1. The molecule has 0 unspecified atom stereocenters. The van der Waals surface area contributed by atoms with Crippen molar-refractivity contribution in [3.05, 3.63) is 12.2 Å². The molecule has 0 rings (SSSR count). The van der Waals surface area contributed by atoms with Gasteiger partial charge in [-0.3, -0.25) is 14.1 Å². The largest absolute Gasteiger partial charge is 0.469 e. The molecule has 53 heavy (non-hydrogen) atoms. The van der Waals surface area contributed by atoms with Crippen LogP contribution < -0.4 is 0 Å². The summed E-state index contributed by atoms with van der Waals surface area (Å²) in [5.74, 6) is -0.881. The topological polar surface area (TPSA) is 119 Å². The molecule has 0 amide bonds. The molecule has 2 N–H and O–H groups in total. The van der Waals surface area contributed by atoms with Crippen LogP contribution in [0.5, 0.6) is 0 Å². The molecule has 0 saturated carbocycles. The van der Waals surface area contributed by atoms with Crippen molar-refractivity contribution in [3.8, 4) is 0 Å². The molecule has 0 aliphatic rings. The number of unbranched alkanes of at least 4 members (excludes halogenated alkanes) is 30. The predicted molar refractivity (Wildman–Crippen MR) is 221 cm³/mol. The maximum Gasteiger partial charge on any atom is 0.469 e. The van der Waals surface area contributed by atoms with Gasteiger partial charge in [0.15, 0.2) is 6.10 Å². The first-order valence-electron chi connectivity index (χ1n) is 22.5. The Morgan fingerprint density at radius 2 is 0.792 bits per heavy atom. The number of esters is 2. The molecule has 0 fully saturated rings. The minimum atomic E-state index is -4.75. The lowest BCUT2D eigenvalue weighted by molar-refractivity contribution is -0.161. The van der Waals surface area contributed by atoms with E-state index >= 15 is 0 Å². The zero-order chi connectivity index (χ0) is 38.9. The molecule has 0 aromatic heterocycles. The molecule has 0 saturated heterocycles. The summed E-state index contributed by atoms with van der Waals surface area (Å²) < 4.78 is 26.4. The van der Waals surface area contributed by atoms with E-state index in [1.807, 2.05) is 0 Å². The Morgan fingerprint density at radius 1 is 0.472 bits per heavy atom. The van der Waals surface area contributed by atoms with Crippen molar-refractivity contribution >= 4 is 19.8 Å². The Morgan fingerprint density at radius 3 is 1.15 bits per heavy atom. The first-order chi connectivity index (χ1) is 25.8. The third kappa shape index (κ3) is 43.4. The minimum absolute atomic E-state index is 0.217. The summed E-state index contributed by atoms with van der Waals surface area (Å²) in [6.45, 7) is 3.70. The highest BCUT2D eigenvalue weighted by molar-refractivity contribution is 7.46. The van der Waals surface area contributed by atoms with Crippen LogP contribution in [-0.4, -0.2) is 41.0 Å². The minimum Gasteiger partial charge on any atom is -0.462 e. The second-order valence-electron chi connectivity index (χ2n) is 15.4. The lowest BCUT2D eigenvalue weighted by Gasteiger charge is -2.18. The fourth-order valence-electron chi connectivity index (χ4n) is 6.66. The summed E-state index contributed by atoms with van der Waals surface area (Å²) in [7, 11) is -4.75. The van der Waals surface area contributed by atoms with Crippen LogP contribution >= 0.6 is 7.82 Å². The quantitative estimate of drug-likeness (QED) is 0.0272. The first kappa shape index (κ1) is 51.8. The predicted octanol–water partition coefficient (Wildman–Crippen LogP) is 13.8. The van der Waals surface area contributed by atoms with Gasteiger partial charge in [-0.05, 0) is 38.5 Å². The van der Waals surface area contributed by atoms with E-state index in [-0.39, 0.29) is 19.4 Å². The van der Waals surface area contributed by atoms with Crippen molar-refractivity contribution in [3.63, 3.8) is 0 Å². The molecular weight excluding hydrogens is 687 g/mol. The number of rotatable bonds is 42. The molecule has 9 heteroatoms. The van der Waals surface area contributed by atoms with E-state index in [1.165, 1.54) is 154 Å². The van der Waals surface area contributed by atoms with E-state index in [9.17, 15) is 14.2 Å². The molecule has 8 nitrogen and oxygen atoms in total. The highest BCUT2D eigenvalue weighted by Gasteiger charge is 2.23. The van der Waals surface area contributed by atoms with E-state index in [0.717, 1.165) is 51.4 Å². The molecule has 0 aliphatic heterocycles. The van der Waals surface area contributed by atoms with Crippen LogP contribution in [0.4, 0.5) is 0 Å². The lowest BCUT2D eigenvalue weighted by Crippen LogP contribution is -2.29. The normalized spacial score (nSPS) is 12.5.